The molecule has 0 heterocycles. The molecule has 15 heavy (non-hydrogen) atoms. The quantitative estimate of drug-likeness (QED) is 0.720. The first kappa shape index (κ1) is 10.2. The summed E-state index contributed by atoms with van der Waals surface area (Å²) in [4.78, 5) is 10.8. The third-order valence-corrected chi connectivity index (χ3v) is 3.10. The van der Waals surface area contributed by atoms with E-state index >= 15 is 0 Å². The number of allylic oxidation sites excluding steroid dienone is 1. The van der Waals surface area contributed by atoms with Crippen molar-refractivity contribution < 1.29 is 9.53 Å². The van der Waals surface area contributed by atoms with Gasteiger partial charge >= 0.3 is 0 Å². The molecule has 0 radical (unpaired) electrons. The van der Waals surface area contributed by atoms with Crippen molar-refractivity contribution in [1.29, 1.82) is 0 Å². The molecule has 0 saturated carbocycles. The van der Waals surface area contributed by atoms with Crippen LogP contribution in [0.2, 0.25) is 0 Å². The molecule has 3 heteroatoms. The molecule has 1 aliphatic rings. The van der Waals surface area contributed by atoms with Crippen molar-refractivity contribution in [2.24, 2.45) is 0 Å². The normalized spacial score (nSPS) is 14.8. The number of hydrogen-bond acceptors (Lipinski definition) is 2. The van der Waals surface area contributed by atoms with Crippen molar-refractivity contribution >= 4 is 22.9 Å². The lowest BCUT2D eigenvalue weighted by atomic mass is 9.92. The lowest BCUT2D eigenvalue weighted by Gasteiger charge is -2.19. The Morgan fingerprint density at radius 1 is 1.40 bits per heavy atom. The zero-order chi connectivity index (χ0) is 10.8. The van der Waals surface area contributed by atoms with E-state index < -0.39 is 0 Å². The SMILES string of the molecule is COc1cccc2c1CCC(C=O)=C2Cl. The fourth-order valence-electron chi connectivity index (χ4n) is 1.87. The van der Waals surface area contributed by atoms with E-state index in [2.05, 4.69) is 0 Å². The third-order valence-electron chi connectivity index (χ3n) is 2.66. The molecule has 0 saturated heterocycles. The van der Waals surface area contributed by atoms with E-state index in [4.69, 9.17) is 16.3 Å². The molecule has 0 spiro atoms. The predicted molar refractivity (Wildman–Crippen MR) is 60.2 cm³/mol. The minimum atomic E-state index is 0.560. The Kier molecular flexibility index (Phi) is 2.78. The van der Waals surface area contributed by atoms with E-state index in [9.17, 15) is 4.79 Å². The van der Waals surface area contributed by atoms with Crippen LogP contribution in [0.4, 0.5) is 0 Å². The van der Waals surface area contributed by atoms with Gasteiger partial charge in [0.25, 0.3) is 0 Å². The summed E-state index contributed by atoms with van der Waals surface area (Å²) >= 11 is 6.14. The van der Waals surface area contributed by atoms with Crippen LogP contribution in [-0.4, -0.2) is 13.4 Å². The molecule has 0 aliphatic heterocycles. The van der Waals surface area contributed by atoms with Crippen LogP contribution in [0.15, 0.2) is 23.8 Å². The minimum Gasteiger partial charge on any atom is -0.496 e. The van der Waals surface area contributed by atoms with E-state index in [-0.39, 0.29) is 0 Å². The summed E-state index contributed by atoms with van der Waals surface area (Å²) in [5, 5.41) is 0.560. The molecule has 0 bridgehead atoms. The van der Waals surface area contributed by atoms with Crippen molar-refractivity contribution in [2.45, 2.75) is 12.8 Å². The van der Waals surface area contributed by atoms with Crippen LogP contribution >= 0.6 is 11.6 Å². The van der Waals surface area contributed by atoms with Gasteiger partial charge in [0.1, 0.15) is 12.0 Å². The van der Waals surface area contributed by atoms with Gasteiger partial charge in [-0.2, -0.15) is 0 Å². The van der Waals surface area contributed by atoms with Crippen LogP contribution in [0.25, 0.3) is 5.03 Å². The molecule has 2 rings (SSSR count). The van der Waals surface area contributed by atoms with E-state index in [1.54, 1.807) is 7.11 Å². The van der Waals surface area contributed by atoms with Crippen LogP contribution < -0.4 is 4.74 Å². The highest BCUT2D eigenvalue weighted by atomic mass is 35.5. The molecule has 0 fully saturated rings. The Morgan fingerprint density at radius 3 is 2.87 bits per heavy atom. The zero-order valence-electron chi connectivity index (χ0n) is 8.42. The van der Waals surface area contributed by atoms with E-state index in [1.165, 1.54) is 0 Å². The second kappa shape index (κ2) is 4.07. The first-order valence-corrected chi connectivity index (χ1v) is 5.15. The van der Waals surface area contributed by atoms with Gasteiger partial charge in [0.15, 0.2) is 0 Å². The third kappa shape index (κ3) is 1.65. The summed E-state index contributed by atoms with van der Waals surface area (Å²) in [5.41, 5.74) is 2.69. The van der Waals surface area contributed by atoms with Crippen LogP contribution in [-0.2, 0) is 11.2 Å². The maximum Gasteiger partial charge on any atom is 0.147 e. The lowest BCUT2D eigenvalue weighted by Crippen LogP contribution is -2.05. The van der Waals surface area contributed by atoms with Gasteiger partial charge in [-0.3, -0.25) is 4.79 Å². The molecule has 78 valence electrons. The number of halogens is 1. The standard InChI is InChI=1S/C12H11ClO2/c1-15-11-4-2-3-10-9(11)6-5-8(7-14)12(10)13/h2-4,7H,5-6H2,1H3. The van der Waals surface area contributed by atoms with Gasteiger partial charge in [-0.1, -0.05) is 23.7 Å². The molecule has 1 aliphatic carbocycles. The molecule has 0 aromatic heterocycles. The summed E-state index contributed by atoms with van der Waals surface area (Å²) in [6.45, 7) is 0. The number of rotatable bonds is 2. The monoisotopic (exact) mass is 222 g/mol. The number of hydrogen-bond donors (Lipinski definition) is 0. The largest absolute Gasteiger partial charge is 0.496 e. The predicted octanol–water partition coefficient (Wildman–Crippen LogP) is 2.79. The molecule has 0 atom stereocenters. The summed E-state index contributed by atoms with van der Waals surface area (Å²) in [5.74, 6) is 0.843. The smallest absolute Gasteiger partial charge is 0.147 e. The fraction of sp³-hybridized carbons (Fsp3) is 0.250. The Balaban J connectivity index is 2.60. The van der Waals surface area contributed by atoms with Crippen LogP contribution in [0, 0.1) is 0 Å². The van der Waals surface area contributed by atoms with Crippen molar-refractivity contribution in [3.63, 3.8) is 0 Å². The van der Waals surface area contributed by atoms with Gasteiger partial charge in [-0.05, 0) is 18.9 Å². The van der Waals surface area contributed by atoms with Gasteiger partial charge < -0.3 is 4.74 Å². The van der Waals surface area contributed by atoms with E-state index in [0.717, 1.165) is 29.6 Å². The number of fused-ring (bicyclic) bond motifs is 1. The number of benzene rings is 1. The van der Waals surface area contributed by atoms with Crippen molar-refractivity contribution in [3.05, 3.63) is 34.9 Å². The van der Waals surface area contributed by atoms with Crippen molar-refractivity contribution in [2.75, 3.05) is 7.11 Å². The lowest BCUT2D eigenvalue weighted by molar-refractivity contribution is -0.105. The van der Waals surface area contributed by atoms with Crippen LogP contribution in [0.5, 0.6) is 5.75 Å². The van der Waals surface area contributed by atoms with Gasteiger partial charge in [0.05, 0.1) is 12.1 Å². The first-order chi connectivity index (χ1) is 7.27. The summed E-state index contributed by atoms with van der Waals surface area (Å²) in [7, 11) is 1.64. The summed E-state index contributed by atoms with van der Waals surface area (Å²) in [6.07, 6.45) is 2.34. The summed E-state index contributed by atoms with van der Waals surface area (Å²) < 4.78 is 5.26. The highest BCUT2D eigenvalue weighted by Gasteiger charge is 2.19. The number of carbonyl (C=O) groups excluding carboxylic acids is 1. The van der Waals surface area contributed by atoms with E-state index in [0.29, 0.717) is 17.0 Å². The van der Waals surface area contributed by atoms with Crippen molar-refractivity contribution in [1.82, 2.24) is 0 Å². The van der Waals surface area contributed by atoms with Gasteiger partial charge in [0.2, 0.25) is 0 Å². The molecular weight excluding hydrogens is 212 g/mol. The minimum absolute atomic E-state index is 0.560. The van der Waals surface area contributed by atoms with Gasteiger partial charge in [-0.15, -0.1) is 0 Å². The van der Waals surface area contributed by atoms with Gasteiger partial charge in [-0.25, -0.2) is 0 Å². The maximum absolute atomic E-state index is 10.8. The first-order valence-electron chi connectivity index (χ1n) is 4.78. The second-order valence-electron chi connectivity index (χ2n) is 3.44. The zero-order valence-corrected chi connectivity index (χ0v) is 9.17. The Hall–Kier alpha value is -1.28. The fourth-order valence-corrected chi connectivity index (χ4v) is 2.19. The highest BCUT2D eigenvalue weighted by Crippen LogP contribution is 2.37. The number of aldehydes is 1. The Labute approximate surface area is 93.5 Å². The van der Waals surface area contributed by atoms with Crippen LogP contribution in [0.3, 0.4) is 0 Å². The van der Waals surface area contributed by atoms with Gasteiger partial charge in [0, 0.05) is 16.7 Å². The molecule has 1 aromatic carbocycles. The number of methoxy groups -OCH3 is 1. The number of ether oxygens (including phenoxy) is 1. The second-order valence-corrected chi connectivity index (χ2v) is 3.82. The molecule has 2 nitrogen and oxygen atoms in total. The Morgan fingerprint density at radius 2 is 2.20 bits per heavy atom. The summed E-state index contributed by atoms with van der Waals surface area (Å²) in [6, 6.07) is 5.71. The highest BCUT2D eigenvalue weighted by molar-refractivity contribution is 6.50. The average molecular weight is 223 g/mol. The molecule has 1 aromatic rings. The maximum atomic E-state index is 10.8. The molecule has 0 N–H and O–H groups in total. The number of carbonyl (C=O) groups is 1. The Bertz CT molecular complexity index is 435. The topological polar surface area (TPSA) is 26.3 Å². The molecule has 0 amide bonds. The average Bonchev–Trinajstić information content (AvgIpc) is 2.29. The van der Waals surface area contributed by atoms with E-state index in [1.807, 2.05) is 18.2 Å². The van der Waals surface area contributed by atoms with Crippen LogP contribution in [0.1, 0.15) is 17.5 Å². The molecular formula is C12H11ClO2. The van der Waals surface area contributed by atoms with Crippen molar-refractivity contribution in [3.8, 4) is 5.75 Å². The molecule has 0 unspecified atom stereocenters.